The Morgan fingerprint density at radius 3 is 2.82 bits per heavy atom. The summed E-state index contributed by atoms with van der Waals surface area (Å²) in [6.45, 7) is 4.71. The van der Waals surface area contributed by atoms with E-state index in [2.05, 4.69) is 10.3 Å². The van der Waals surface area contributed by atoms with Crippen molar-refractivity contribution in [3.8, 4) is 0 Å². The van der Waals surface area contributed by atoms with E-state index in [0.717, 1.165) is 11.4 Å². The van der Waals surface area contributed by atoms with Gasteiger partial charge in [0.05, 0.1) is 0 Å². The zero-order valence-corrected chi connectivity index (χ0v) is 11.9. The summed E-state index contributed by atoms with van der Waals surface area (Å²) in [5.41, 5.74) is 1.42. The van der Waals surface area contributed by atoms with Gasteiger partial charge in [-0.05, 0) is 24.3 Å². The van der Waals surface area contributed by atoms with Crippen LogP contribution >= 0.6 is 23.4 Å². The van der Waals surface area contributed by atoms with Crippen LogP contribution in [0.4, 0.5) is 0 Å². The number of rotatable bonds is 5. The Bertz CT molecular complexity index is 396. The number of halogens is 1. The van der Waals surface area contributed by atoms with Crippen LogP contribution in [0.25, 0.3) is 0 Å². The van der Waals surface area contributed by atoms with Crippen molar-refractivity contribution in [2.24, 2.45) is 0 Å². The van der Waals surface area contributed by atoms with Gasteiger partial charge in [-0.3, -0.25) is 4.79 Å². The number of carbonyl (C=O) groups excluding carboxylic acids is 1. The van der Waals surface area contributed by atoms with Crippen molar-refractivity contribution in [1.29, 1.82) is 0 Å². The minimum Gasteiger partial charge on any atom is -0.351 e. The highest BCUT2D eigenvalue weighted by Gasteiger charge is 2.10. The van der Waals surface area contributed by atoms with Crippen LogP contribution in [0.5, 0.6) is 0 Å². The predicted octanol–water partition coefficient (Wildman–Crippen LogP) is 2.95. The number of amides is 1. The summed E-state index contributed by atoms with van der Waals surface area (Å²) in [6.07, 6.45) is 2.01. The smallest absolute Gasteiger partial charge is 0.251 e. The molecule has 0 saturated carbocycles. The fraction of sp³-hybridized carbons (Fsp3) is 0.500. The summed E-state index contributed by atoms with van der Waals surface area (Å²) in [6, 6.07) is 3.40. The Kier molecular flexibility index (Phi) is 5.78. The van der Waals surface area contributed by atoms with Crippen LogP contribution in [0.2, 0.25) is 5.15 Å². The number of aromatic nitrogens is 1. The molecule has 0 saturated heterocycles. The van der Waals surface area contributed by atoms with E-state index in [0.29, 0.717) is 17.3 Å². The van der Waals surface area contributed by atoms with Crippen molar-refractivity contribution in [3.63, 3.8) is 0 Å². The summed E-state index contributed by atoms with van der Waals surface area (Å²) in [7, 11) is 0. The molecule has 0 spiro atoms. The molecule has 0 aliphatic heterocycles. The number of thioether (sulfide) groups is 1. The van der Waals surface area contributed by atoms with Gasteiger partial charge in [0.25, 0.3) is 5.91 Å². The summed E-state index contributed by atoms with van der Waals surface area (Å²) < 4.78 is 0. The van der Waals surface area contributed by atoms with Gasteiger partial charge in [-0.15, -0.1) is 0 Å². The van der Waals surface area contributed by atoms with E-state index in [-0.39, 0.29) is 11.8 Å². The molecule has 0 fully saturated rings. The van der Waals surface area contributed by atoms with Crippen LogP contribution in [0.3, 0.4) is 0 Å². The lowest BCUT2D eigenvalue weighted by Gasteiger charge is -2.09. The van der Waals surface area contributed by atoms with Gasteiger partial charge >= 0.3 is 0 Å². The van der Waals surface area contributed by atoms with E-state index in [9.17, 15) is 4.79 Å². The zero-order valence-electron chi connectivity index (χ0n) is 10.3. The number of nitrogens with zero attached hydrogens (tertiary/aromatic N) is 1. The standard InChI is InChI=1S/C12H17ClN2OS/c1-8(2)10-6-9(7-11(13)15-10)12(16)14-4-5-17-3/h6-8H,4-5H2,1-3H3,(H,14,16). The Labute approximate surface area is 111 Å². The lowest BCUT2D eigenvalue weighted by Crippen LogP contribution is -2.26. The summed E-state index contributed by atoms with van der Waals surface area (Å²) in [5, 5.41) is 3.21. The normalized spacial score (nSPS) is 10.6. The molecule has 0 aromatic carbocycles. The Hall–Kier alpha value is -0.740. The maximum Gasteiger partial charge on any atom is 0.251 e. The molecule has 94 valence electrons. The molecule has 1 heterocycles. The fourth-order valence-electron chi connectivity index (χ4n) is 1.31. The molecule has 0 unspecified atom stereocenters. The average molecular weight is 273 g/mol. The van der Waals surface area contributed by atoms with Gasteiger partial charge in [-0.25, -0.2) is 4.98 Å². The summed E-state index contributed by atoms with van der Waals surface area (Å²) in [5.74, 6) is 1.07. The van der Waals surface area contributed by atoms with Gasteiger partial charge < -0.3 is 5.32 Å². The first-order valence-electron chi connectivity index (χ1n) is 5.49. The Balaban J connectivity index is 2.79. The lowest BCUT2D eigenvalue weighted by atomic mass is 10.1. The van der Waals surface area contributed by atoms with Crippen molar-refractivity contribution in [1.82, 2.24) is 10.3 Å². The SMILES string of the molecule is CSCCNC(=O)c1cc(Cl)nc(C(C)C)c1. The molecular weight excluding hydrogens is 256 g/mol. The van der Waals surface area contributed by atoms with Gasteiger partial charge in [-0.2, -0.15) is 11.8 Å². The van der Waals surface area contributed by atoms with Crippen molar-refractivity contribution in [2.45, 2.75) is 19.8 Å². The number of nitrogens with one attached hydrogen (secondary N) is 1. The third kappa shape index (κ3) is 4.56. The molecule has 0 aliphatic carbocycles. The molecule has 1 N–H and O–H groups in total. The Morgan fingerprint density at radius 2 is 2.24 bits per heavy atom. The van der Waals surface area contributed by atoms with Gasteiger partial charge in [0.1, 0.15) is 5.15 Å². The summed E-state index contributed by atoms with van der Waals surface area (Å²) >= 11 is 7.60. The molecule has 1 aromatic rings. The molecule has 0 bridgehead atoms. The highest BCUT2D eigenvalue weighted by Crippen LogP contribution is 2.17. The second kappa shape index (κ2) is 6.87. The van der Waals surface area contributed by atoms with Crippen LogP contribution in [-0.4, -0.2) is 29.4 Å². The van der Waals surface area contributed by atoms with E-state index in [4.69, 9.17) is 11.6 Å². The third-order valence-electron chi connectivity index (χ3n) is 2.26. The Morgan fingerprint density at radius 1 is 1.53 bits per heavy atom. The molecule has 0 aliphatic rings. The molecule has 1 rings (SSSR count). The molecule has 3 nitrogen and oxygen atoms in total. The molecule has 1 aromatic heterocycles. The zero-order chi connectivity index (χ0) is 12.8. The van der Waals surface area contributed by atoms with E-state index in [1.54, 1.807) is 23.9 Å². The van der Waals surface area contributed by atoms with Crippen molar-refractivity contribution in [3.05, 3.63) is 28.5 Å². The van der Waals surface area contributed by atoms with Crippen LogP contribution < -0.4 is 5.32 Å². The number of carbonyl (C=O) groups is 1. The first-order chi connectivity index (χ1) is 8.04. The van der Waals surface area contributed by atoms with E-state index in [1.165, 1.54) is 0 Å². The van der Waals surface area contributed by atoms with E-state index < -0.39 is 0 Å². The van der Waals surface area contributed by atoms with Crippen LogP contribution in [-0.2, 0) is 0 Å². The second-order valence-electron chi connectivity index (χ2n) is 4.01. The molecule has 0 radical (unpaired) electrons. The quantitative estimate of drug-likeness (QED) is 0.662. The average Bonchev–Trinajstić information content (AvgIpc) is 2.28. The number of pyridine rings is 1. The molecule has 17 heavy (non-hydrogen) atoms. The summed E-state index contributed by atoms with van der Waals surface area (Å²) in [4.78, 5) is 16.0. The van der Waals surface area contributed by atoms with Gasteiger partial charge in [-0.1, -0.05) is 25.4 Å². The van der Waals surface area contributed by atoms with E-state index >= 15 is 0 Å². The second-order valence-corrected chi connectivity index (χ2v) is 5.38. The maximum atomic E-state index is 11.8. The number of hydrogen-bond donors (Lipinski definition) is 1. The fourth-order valence-corrected chi connectivity index (χ4v) is 1.83. The predicted molar refractivity (Wildman–Crippen MR) is 74.1 cm³/mol. The van der Waals surface area contributed by atoms with Crippen molar-refractivity contribution >= 4 is 29.3 Å². The first kappa shape index (κ1) is 14.3. The topological polar surface area (TPSA) is 42.0 Å². The third-order valence-corrected chi connectivity index (χ3v) is 3.07. The van der Waals surface area contributed by atoms with Crippen LogP contribution in [0.1, 0.15) is 35.8 Å². The molecular formula is C12H17ClN2OS. The highest BCUT2D eigenvalue weighted by atomic mass is 35.5. The van der Waals surface area contributed by atoms with Crippen LogP contribution in [0.15, 0.2) is 12.1 Å². The molecule has 5 heteroatoms. The van der Waals surface area contributed by atoms with Gasteiger partial charge in [0, 0.05) is 23.6 Å². The maximum absolute atomic E-state index is 11.8. The first-order valence-corrected chi connectivity index (χ1v) is 7.26. The van der Waals surface area contributed by atoms with Crippen molar-refractivity contribution < 1.29 is 4.79 Å². The molecule has 0 atom stereocenters. The highest BCUT2D eigenvalue weighted by molar-refractivity contribution is 7.98. The van der Waals surface area contributed by atoms with Gasteiger partial charge in [0.15, 0.2) is 0 Å². The van der Waals surface area contributed by atoms with E-state index in [1.807, 2.05) is 20.1 Å². The number of hydrogen-bond acceptors (Lipinski definition) is 3. The largest absolute Gasteiger partial charge is 0.351 e. The monoisotopic (exact) mass is 272 g/mol. The molecule has 1 amide bonds. The minimum atomic E-state index is -0.0924. The van der Waals surface area contributed by atoms with Crippen LogP contribution in [0, 0.1) is 0 Å². The van der Waals surface area contributed by atoms with Crippen molar-refractivity contribution in [2.75, 3.05) is 18.6 Å². The lowest BCUT2D eigenvalue weighted by molar-refractivity contribution is 0.0956. The minimum absolute atomic E-state index is 0.0924. The van der Waals surface area contributed by atoms with Gasteiger partial charge in [0.2, 0.25) is 0 Å².